The van der Waals surface area contributed by atoms with Gasteiger partial charge < -0.3 is 14.8 Å². The average Bonchev–Trinajstić information content (AvgIpc) is 2.72. The summed E-state index contributed by atoms with van der Waals surface area (Å²) in [7, 11) is 1.35. The van der Waals surface area contributed by atoms with Crippen molar-refractivity contribution in [1.29, 1.82) is 0 Å². The first-order valence-corrected chi connectivity index (χ1v) is 9.05. The largest absolute Gasteiger partial charge is 0.490 e. The first-order chi connectivity index (χ1) is 13.6. The molecule has 0 saturated carbocycles. The Morgan fingerprint density at radius 3 is 2.82 bits per heavy atom. The predicted molar refractivity (Wildman–Crippen MR) is 103 cm³/mol. The summed E-state index contributed by atoms with van der Waals surface area (Å²) in [6.07, 6.45) is -0.130. The first kappa shape index (κ1) is 19.8. The van der Waals surface area contributed by atoms with Crippen molar-refractivity contribution < 1.29 is 19.2 Å². The highest BCUT2D eigenvalue weighted by molar-refractivity contribution is 5.95. The summed E-state index contributed by atoms with van der Waals surface area (Å²) >= 11 is 0. The van der Waals surface area contributed by atoms with Crippen LogP contribution < -0.4 is 10.1 Å². The number of nitrogens with zero attached hydrogens (tertiary/aromatic N) is 2. The van der Waals surface area contributed by atoms with Crippen molar-refractivity contribution in [1.82, 2.24) is 10.2 Å². The maximum atomic E-state index is 12.4. The van der Waals surface area contributed by atoms with Gasteiger partial charge in [-0.2, -0.15) is 0 Å². The third kappa shape index (κ3) is 5.05. The van der Waals surface area contributed by atoms with E-state index in [0.29, 0.717) is 19.7 Å². The van der Waals surface area contributed by atoms with Gasteiger partial charge in [0.25, 0.3) is 5.91 Å². The van der Waals surface area contributed by atoms with Crippen LogP contribution in [-0.4, -0.2) is 55.2 Å². The molecule has 1 heterocycles. The van der Waals surface area contributed by atoms with Crippen LogP contribution in [0.5, 0.6) is 5.75 Å². The maximum absolute atomic E-state index is 12.4. The molecule has 0 spiro atoms. The summed E-state index contributed by atoms with van der Waals surface area (Å²) in [4.78, 5) is 25.2. The number of methoxy groups -OCH3 is 1. The van der Waals surface area contributed by atoms with Crippen molar-refractivity contribution in [2.45, 2.75) is 12.6 Å². The van der Waals surface area contributed by atoms with Crippen LogP contribution in [0, 0.1) is 10.1 Å². The molecule has 1 atom stereocenters. The molecule has 2 aromatic rings. The van der Waals surface area contributed by atoms with Gasteiger partial charge in [0.15, 0.2) is 5.75 Å². The van der Waals surface area contributed by atoms with Crippen molar-refractivity contribution in [3.8, 4) is 5.75 Å². The average molecular weight is 385 g/mol. The van der Waals surface area contributed by atoms with Gasteiger partial charge in [-0.3, -0.25) is 19.8 Å². The summed E-state index contributed by atoms with van der Waals surface area (Å²) < 4.78 is 10.7. The number of hydrogen-bond donors (Lipinski definition) is 1. The number of morpholine rings is 1. The summed E-state index contributed by atoms with van der Waals surface area (Å²) in [5.74, 6) is -0.261. The molecule has 0 aromatic heterocycles. The lowest BCUT2D eigenvalue weighted by Gasteiger charge is -2.33. The van der Waals surface area contributed by atoms with Gasteiger partial charge in [0.2, 0.25) is 0 Å². The fourth-order valence-electron chi connectivity index (χ4n) is 3.17. The van der Waals surface area contributed by atoms with Crippen LogP contribution >= 0.6 is 0 Å². The summed E-state index contributed by atoms with van der Waals surface area (Å²) in [6, 6.07) is 14.3. The molecule has 8 nitrogen and oxygen atoms in total. The fraction of sp³-hybridized carbons (Fsp3) is 0.350. The lowest BCUT2D eigenvalue weighted by atomic mass is 10.1. The van der Waals surface area contributed by atoms with Crippen LogP contribution in [0.1, 0.15) is 15.9 Å². The lowest BCUT2D eigenvalue weighted by molar-refractivity contribution is -0.385. The third-order valence-corrected chi connectivity index (χ3v) is 4.60. The number of nitrogens with one attached hydrogen (secondary N) is 1. The number of rotatable bonds is 7. The van der Waals surface area contributed by atoms with Gasteiger partial charge in [0.05, 0.1) is 24.7 Å². The van der Waals surface area contributed by atoms with Gasteiger partial charge in [0.1, 0.15) is 0 Å². The zero-order valence-corrected chi connectivity index (χ0v) is 15.7. The highest BCUT2D eigenvalue weighted by Gasteiger charge is 2.22. The van der Waals surface area contributed by atoms with Gasteiger partial charge in [-0.05, 0) is 17.7 Å². The van der Waals surface area contributed by atoms with E-state index >= 15 is 0 Å². The van der Waals surface area contributed by atoms with Crippen molar-refractivity contribution in [2.24, 2.45) is 0 Å². The number of ether oxygens (including phenoxy) is 2. The zero-order chi connectivity index (χ0) is 19.9. The standard InChI is InChI=1S/C20H23N3O5/c1-27-19-8-7-16(11-18(19)23(25)26)20(24)21-12-17-14-22(9-10-28-17)13-15-5-3-2-4-6-15/h2-8,11,17H,9-10,12-14H2,1H3,(H,21,24)/t17-/m0/s1. The Bertz CT molecular complexity index is 828. The topological polar surface area (TPSA) is 93.9 Å². The van der Waals surface area contributed by atoms with Crippen molar-refractivity contribution in [3.63, 3.8) is 0 Å². The molecule has 2 aromatic carbocycles. The predicted octanol–water partition coefficient (Wildman–Crippen LogP) is 2.23. The molecule has 0 bridgehead atoms. The molecule has 28 heavy (non-hydrogen) atoms. The summed E-state index contributed by atoms with van der Waals surface area (Å²) in [5, 5.41) is 13.9. The summed E-state index contributed by atoms with van der Waals surface area (Å²) in [5.41, 5.74) is 1.21. The smallest absolute Gasteiger partial charge is 0.311 e. The second-order valence-electron chi connectivity index (χ2n) is 6.57. The number of hydrogen-bond acceptors (Lipinski definition) is 6. The Kier molecular flexibility index (Phi) is 6.57. The molecule has 1 aliphatic rings. The molecule has 3 rings (SSSR count). The maximum Gasteiger partial charge on any atom is 0.311 e. The molecule has 1 fully saturated rings. The molecule has 8 heteroatoms. The molecule has 1 aliphatic heterocycles. The van der Waals surface area contributed by atoms with E-state index in [2.05, 4.69) is 22.3 Å². The van der Waals surface area contributed by atoms with Gasteiger partial charge >= 0.3 is 5.69 Å². The van der Waals surface area contributed by atoms with Crippen molar-refractivity contribution in [2.75, 3.05) is 33.4 Å². The SMILES string of the molecule is COc1ccc(C(=O)NC[C@H]2CN(Cc3ccccc3)CCO2)cc1[N+](=O)[O-]. The quantitative estimate of drug-likeness (QED) is 0.580. The van der Waals surface area contributed by atoms with E-state index < -0.39 is 4.92 Å². The van der Waals surface area contributed by atoms with E-state index in [1.807, 2.05) is 18.2 Å². The highest BCUT2D eigenvalue weighted by Crippen LogP contribution is 2.27. The minimum Gasteiger partial charge on any atom is -0.490 e. The van der Waals surface area contributed by atoms with E-state index in [1.165, 1.54) is 30.9 Å². The summed E-state index contributed by atoms with van der Waals surface area (Å²) in [6.45, 7) is 3.31. The van der Waals surface area contributed by atoms with Crippen LogP contribution in [0.2, 0.25) is 0 Å². The molecule has 0 aliphatic carbocycles. The number of carbonyl (C=O) groups excluding carboxylic acids is 1. The Labute approximate surface area is 163 Å². The van der Waals surface area contributed by atoms with Crippen molar-refractivity contribution >= 4 is 11.6 Å². The lowest BCUT2D eigenvalue weighted by Crippen LogP contribution is -2.47. The second kappa shape index (κ2) is 9.29. The molecule has 0 radical (unpaired) electrons. The molecular formula is C20H23N3O5. The van der Waals surface area contributed by atoms with Crippen LogP contribution in [0.15, 0.2) is 48.5 Å². The Balaban J connectivity index is 1.55. The number of benzene rings is 2. The van der Waals surface area contributed by atoms with E-state index in [0.717, 1.165) is 13.1 Å². The monoisotopic (exact) mass is 385 g/mol. The third-order valence-electron chi connectivity index (χ3n) is 4.60. The van der Waals surface area contributed by atoms with Gasteiger partial charge in [0, 0.05) is 37.8 Å². The van der Waals surface area contributed by atoms with E-state index in [-0.39, 0.29) is 29.0 Å². The van der Waals surface area contributed by atoms with Crippen LogP contribution in [0.4, 0.5) is 5.69 Å². The molecule has 1 saturated heterocycles. The second-order valence-corrected chi connectivity index (χ2v) is 6.57. The number of carbonyl (C=O) groups is 1. The number of nitro benzene ring substituents is 1. The van der Waals surface area contributed by atoms with Gasteiger partial charge in [-0.15, -0.1) is 0 Å². The van der Waals surface area contributed by atoms with E-state index in [4.69, 9.17) is 9.47 Å². The molecule has 1 N–H and O–H groups in total. The molecular weight excluding hydrogens is 362 g/mol. The van der Waals surface area contributed by atoms with Gasteiger partial charge in [-0.25, -0.2) is 0 Å². The first-order valence-electron chi connectivity index (χ1n) is 9.05. The Morgan fingerprint density at radius 2 is 2.11 bits per heavy atom. The van der Waals surface area contributed by atoms with Crippen LogP contribution in [-0.2, 0) is 11.3 Å². The Hall–Kier alpha value is -2.97. The van der Waals surface area contributed by atoms with E-state index in [9.17, 15) is 14.9 Å². The molecule has 148 valence electrons. The Morgan fingerprint density at radius 1 is 1.32 bits per heavy atom. The number of amides is 1. The van der Waals surface area contributed by atoms with Gasteiger partial charge in [-0.1, -0.05) is 30.3 Å². The normalized spacial score (nSPS) is 17.1. The highest BCUT2D eigenvalue weighted by atomic mass is 16.6. The molecule has 1 amide bonds. The number of nitro groups is 1. The fourth-order valence-corrected chi connectivity index (χ4v) is 3.17. The molecule has 0 unspecified atom stereocenters. The van der Waals surface area contributed by atoms with Crippen molar-refractivity contribution in [3.05, 3.63) is 69.8 Å². The minimum atomic E-state index is -0.568. The minimum absolute atomic E-state index is 0.119. The van der Waals surface area contributed by atoms with E-state index in [1.54, 1.807) is 0 Å². The zero-order valence-electron chi connectivity index (χ0n) is 15.7. The van der Waals surface area contributed by atoms with Crippen LogP contribution in [0.3, 0.4) is 0 Å². The van der Waals surface area contributed by atoms with Crippen LogP contribution in [0.25, 0.3) is 0 Å².